The highest BCUT2D eigenvalue weighted by Gasteiger charge is 2.28. The second-order valence-electron chi connectivity index (χ2n) is 4.44. The van der Waals surface area contributed by atoms with Crippen molar-refractivity contribution in [2.24, 2.45) is 5.41 Å². The van der Waals surface area contributed by atoms with E-state index in [1.54, 1.807) is 0 Å². The predicted molar refractivity (Wildman–Crippen MR) is 66.5 cm³/mol. The van der Waals surface area contributed by atoms with E-state index >= 15 is 0 Å². The monoisotopic (exact) mass is 318 g/mol. The summed E-state index contributed by atoms with van der Waals surface area (Å²) in [6, 6.07) is 0. The highest BCUT2D eigenvalue weighted by atomic mass is 79.9. The SMILES string of the molecule is CC(C)(Cn1cc(Br)c(=O)c([N+](=O)[O-])c1)C(=O)O. The van der Waals surface area contributed by atoms with Crippen LogP contribution in [0, 0.1) is 15.5 Å². The molecule has 1 heterocycles. The van der Waals surface area contributed by atoms with Gasteiger partial charge in [-0.15, -0.1) is 0 Å². The first-order valence-electron chi connectivity index (χ1n) is 4.92. The Labute approximate surface area is 110 Å². The van der Waals surface area contributed by atoms with Gasteiger partial charge in [0, 0.05) is 12.7 Å². The summed E-state index contributed by atoms with van der Waals surface area (Å²) < 4.78 is 1.34. The quantitative estimate of drug-likeness (QED) is 0.671. The van der Waals surface area contributed by atoms with Crippen molar-refractivity contribution in [2.45, 2.75) is 20.4 Å². The summed E-state index contributed by atoms with van der Waals surface area (Å²) >= 11 is 2.92. The molecule has 1 rings (SSSR count). The lowest BCUT2D eigenvalue weighted by atomic mass is 9.94. The molecule has 0 amide bonds. The van der Waals surface area contributed by atoms with Gasteiger partial charge < -0.3 is 9.67 Å². The third-order valence-corrected chi connectivity index (χ3v) is 2.94. The summed E-state index contributed by atoms with van der Waals surface area (Å²) in [4.78, 5) is 32.3. The van der Waals surface area contributed by atoms with Gasteiger partial charge in [-0.1, -0.05) is 0 Å². The van der Waals surface area contributed by atoms with Gasteiger partial charge in [0.1, 0.15) is 0 Å². The lowest BCUT2D eigenvalue weighted by Gasteiger charge is -2.20. The average molecular weight is 319 g/mol. The van der Waals surface area contributed by atoms with E-state index in [0.717, 1.165) is 6.20 Å². The van der Waals surface area contributed by atoms with Crippen LogP contribution in [0.5, 0.6) is 0 Å². The van der Waals surface area contributed by atoms with E-state index in [0.29, 0.717) is 0 Å². The molecule has 0 saturated carbocycles. The van der Waals surface area contributed by atoms with Crippen LogP contribution < -0.4 is 5.43 Å². The molecule has 0 aliphatic rings. The molecule has 0 fully saturated rings. The Hall–Kier alpha value is -1.70. The van der Waals surface area contributed by atoms with Gasteiger partial charge in [-0.3, -0.25) is 19.7 Å². The Kier molecular flexibility index (Phi) is 3.90. The molecule has 0 spiro atoms. The number of rotatable bonds is 4. The highest BCUT2D eigenvalue weighted by molar-refractivity contribution is 9.10. The molecule has 0 aromatic carbocycles. The van der Waals surface area contributed by atoms with Gasteiger partial charge >= 0.3 is 11.7 Å². The van der Waals surface area contributed by atoms with Crippen molar-refractivity contribution < 1.29 is 14.8 Å². The molecule has 8 heteroatoms. The van der Waals surface area contributed by atoms with Crippen LogP contribution in [0.3, 0.4) is 0 Å². The van der Waals surface area contributed by atoms with E-state index in [-0.39, 0.29) is 11.0 Å². The normalized spacial score (nSPS) is 11.3. The van der Waals surface area contributed by atoms with Crippen LogP contribution in [0.15, 0.2) is 21.7 Å². The third-order valence-electron chi connectivity index (χ3n) is 2.37. The van der Waals surface area contributed by atoms with Gasteiger partial charge in [-0.2, -0.15) is 0 Å². The highest BCUT2D eigenvalue weighted by Crippen LogP contribution is 2.20. The molecule has 1 aromatic heterocycles. The van der Waals surface area contributed by atoms with E-state index in [2.05, 4.69) is 15.9 Å². The molecule has 1 aromatic rings. The summed E-state index contributed by atoms with van der Waals surface area (Å²) in [5.74, 6) is -1.03. The number of hydrogen-bond acceptors (Lipinski definition) is 4. The molecule has 0 atom stereocenters. The Bertz CT molecular complexity index is 564. The Morgan fingerprint density at radius 1 is 1.56 bits per heavy atom. The van der Waals surface area contributed by atoms with E-state index < -0.39 is 27.4 Å². The molecule has 1 N–H and O–H groups in total. The molecular weight excluding hydrogens is 308 g/mol. The molecule has 18 heavy (non-hydrogen) atoms. The standard InChI is InChI=1S/C10H11BrN2O5/c1-10(2,9(15)16)5-12-3-6(11)8(14)7(4-12)13(17)18/h3-4H,5H2,1-2H3,(H,15,16). The number of carboxylic acids is 1. The second-order valence-corrected chi connectivity index (χ2v) is 5.29. The second kappa shape index (κ2) is 4.89. The minimum Gasteiger partial charge on any atom is -0.481 e. The molecule has 98 valence electrons. The topological polar surface area (TPSA) is 102 Å². The van der Waals surface area contributed by atoms with Crippen LogP contribution in [-0.4, -0.2) is 20.6 Å². The van der Waals surface area contributed by atoms with Crippen LogP contribution in [0.1, 0.15) is 13.8 Å². The fraction of sp³-hybridized carbons (Fsp3) is 0.400. The molecule has 0 aliphatic heterocycles. The number of halogens is 1. The van der Waals surface area contributed by atoms with Crippen LogP contribution >= 0.6 is 15.9 Å². The summed E-state index contributed by atoms with van der Waals surface area (Å²) in [6.07, 6.45) is 2.37. The number of nitro groups is 1. The molecule has 0 bridgehead atoms. The van der Waals surface area contributed by atoms with Gasteiger partial charge in [-0.05, 0) is 29.8 Å². The zero-order valence-electron chi connectivity index (χ0n) is 9.71. The van der Waals surface area contributed by atoms with Crippen molar-refractivity contribution in [1.29, 1.82) is 0 Å². The minimum absolute atomic E-state index is 0.0159. The van der Waals surface area contributed by atoms with E-state index in [1.165, 1.54) is 24.6 Å². The van der Waals surface area contributed by atoms with Crippen molar-refractivity contribution in [3.63, 3.8) is 0 Å². The number of pyridine rings is 1. The average Bonchev–Trinajstić information content (AvgIpc) is 2.21. The number of carbonyl (C=O) groups is 1. The lowest BCUT2D eigenvalue weighted by molar-refractivity contribution is -0.386. The van der Waals surface area contributed by atoms with Crippen molar-refractivity contribution in [3.05, 3.63) is 37.2 Å². The van der Waals surface area contributed by atoms with Crippen LogP contribution in [0.25, 0.3) is 0 Å². The first kappa shape index (κ1) is 14.4. The van der Waals surface area contributed by atoms with Gasteiger partial charge in [-0.25, -0.2) is 0 Å². The first-order chi connectivity index (χ1) is 8.15. The minimum atomic E-state index is -1.09. The molecule has 0 saturated heterocycles. The van der Waals surface area contributed by atoms with E-state index in [4.69, 9.17) is 5.11 Å². The summed E-state index contributed by atoms with van der Waals surface area (Å²) in [5, 5.41) is 19.7. The molecule has 7 nitrogen and oxygen atoms in total. The number of aromatic nitrogens is 1. The van der Waals surface area contributed by atoms with Crippen molar-refractivity contribution >= 4 is 27.6 Å². The first-order valence-corrected chi connectivity index (χ1v) is 5.72. The summed E-state index contributed by atoms with van der Waals surface area (Å²) in [7, 11) is 0. The van der Waals surface area contributed by atoms with Crippen LogP contribution in [0.4, 0.5) is 5.69 Å². The summed E-state index contributed by atoms with van der Waals surface area (Å²) in [6.45, 7) is 3.00. The van der Waals surface area contributed by atoms with Crippen LogP contribution in [-0.2, 0) is 11.3 Å². The van der Waals surface area contributed by atoms with Crippen LogP contribution in [0.2, 0.25) is 0 Å². The number of aliphatic carboxylic acids is 1. The Balaban J connectivity index is 3.25. The lowest BCUT2D eigenvalue weighted by Crippen LogP contribution is -2.29. The number of hydrogen-bond donors (Lipinski definition) is 1. The smallest absolute Gasteiger partial charge is 0.333 e. The Morgan fingerprint density at radius 2 is 2.11 bits per heavy atom. The van der Waals surface area contributed by atoms with Gasteiger partial charge in [0.25, 0.3) is 5.43 Å². The fourth-order valence-corrected chi connectivity index (χ4v) is 1.79. The van der Waals surface area contributed by atoms with Gasteiger partial charge in [0.05, 0.1) is 21.0 Å². The van der Waals surface area contributed by atoms with E-state index in [9.17, 15) is 19.7 Å². The van der Waals surface area contributed by atoms with Gasteiger partial charge in [0.2, 0.25) is 0 Å². The number of nitrogens with zero attached hydrogens (tertiary/aromatic N) is 2. The van der Waals surface area contributed by atoms with Crippen molar-refractivity contribution in [1.82, 2.24) is 4.57 Å². The van der Waals surface area contributed by atoms with Crippen molar-refractivity contribution in [3.8, 4) is 0 Å². The maximum absolute atomic E-state index is 11.4. The number of carboxylic acid groups (broad SMARTS) is 1. The maximum atomic E-state index is 11.4. The molecular formula is C10H11BrN2O5. The third kappa shape index (κ3) is 2.95. The van der Waals surface area contributed by atoms with Gasteiger partial charge in [0.15, 0.2) is 0 Å². The van der Waals surface area contributed by atoms with Crippen molar-refractivity contribution in [2.75, 3.05) is 0 Å². The Morgan fingerprint density at radius 3 is 2.56 bits per heavy atom. The maximum Gasteiger partial charge on any atom is 0.333 e. The van der Waals surface area contributed by atoms with E-state index in [1.807, 2.05) is 0 Å². The zero-order valence-corrected chi connectivity index (χ0v) is 11.3. The predicted octanol–water partition coefficient (Wildman–Crippen LogP) is 1.63. The largest absolute Gasteiger partial charge is 0.481 e. The fourth-order valence-electron chi connectivity index (χ4n) is 1.32. The summed E-state index contributed by atoms with van der Waals surface area (Å²) in [5.41, 5.74) is -2.42. The molecule has 0 unspecified atom stereocenters. The molecule has 0 aliphatic carbocycles. The molecule has 0 radical (unpaired) electrons. The zero-order chi connectivity index (χ0) is 14.1.